The van der Waals surface area contributed by atoms with Crippen LogP contribution >= 0.6 is 0 Å². The second-order valence-corrected chi connectivity index (χ2v) is 9.40. The number of carbonyl (C=O) groups excluding carboxylic acids is 1. The summed E-state index contributed by atoms with van der Waals surface area (Å²) in [5, 5.41) is 0. The standard InChI is InChI=1S/C14H21NO.C14H23N/c1-10-8-13(9-11(2)12(10)3)6-7-14(16)15(4)5;1-11-9-14(7-6-8-15(4)5)10-12(2)13(11)3/h8-9H,6-7H2,1-5H3;9-10H,6-8H2,1-5H3. The number of hydrogen-bond acceptors (Lipinski definition) is 2. The zero-order chi connectivity index (χ0) is 23.7. The molecule has 0 aromatic heterocycles. The molecule has 3 nitrogen and oxygen atoms in total. The highest BCUT2D eigenvalue weighted by Crippen LogP contribution is 2.17. The third kappa shape index (κ3) is 9.26. The first kappa shape index (κ1) is 26.9. The maximum absolute atomic E-state index is 11.5. The van der Waals surface area contributed by atoms with E-state index in [0.29, 0.717) is 6.42 Å². The summed E-state index contributed by atoms with van der Waals surface area (Å²) in [5.41, 5.74) is 11.0. The van der Waals surface area contributed by atoms with E-state index in [1.54, 1.807) is 19.0 Å². The molecule has 172 valence electrons. The number of rotatable bonds is 7. The summed E-state index contributed by atoms with van der Waals surface area (Å²) >= 11 is 0. The van der Waals surface area contributed by atoms with E-state index in [1.165, 1.54) is 63.9 Å². The Bertz CT molecular complexity index is 819. The molecule has 31 heavy (non-hydrogen) atoms. The summed E-state index contributed by atoms with van der Waals surface area (Å²) in [5.74, 6) is 0.191. The summed E-state index contributed by atoms with van der Waals surface area (Å²) in [4.78, 5) is 15.4. The van der Waals surface area contributed by atoms with Crippen LogP contribution in [0.3, 0.4) is 0 Å². The molecule has 0 fully saturated rings. The van der Waals surface area contributed by atoms with E-state index in [2.05, 4.69) is 84.8 Å². The first-order valence-electron chi connectivity index (χ1n) is 11.4. The fraction of sp³-hybridized carbons (Fsp3) is 0.536. The van der Waals surface area contributed by atoms with Gasteiger partial charge in [-0.05, 0) is 126 Å². The molecule has 0 saturated carbocycles. The molecular formula is C28H44N2O. The monoisotopic (exact) mass is 424 g/mol. The lowest BCUT2D eigenvalue weighted by molar-refractivity contribution is -0.128. The third-order valence-electron chi connectivity index (χ3n) is 6.17. The van der Waals surface area contributed by atoms with Crippen molar-refractivity contribution in [1.82, 2.24) is 9.80 Å². The van der Waals surface area contributed by atoms with Crippen molar-refractivity contribution in [2.45, 2.75) is 67.2 Å². The number of carbonyl (C=O) groups is 1. The SMILES string of the molecule is Cc1cc(CCC(=O)N(C)C)cc(C)c1C.Cc1cc(CCCN(C)C)cc(C)c1C. The summed E-state index contributed by atoms with van der Waals surface area (Å²) < 4.78 is 0. The lowest BCUT2D eigenvalue weighted by Crippen LogP contribution is -2.21. The average molecular weight is 425 g/mol. The molecule has 0 atom stereocenters. The van der Waals surface area contributed by atoms with Crippen LogP contribution in [-0.2, 0) is 17.6 Å². The molecule has 2 aromatic rings. The summed E-state index contributed by atoms with van der Waals surface area (Å²) in [6, 6.07) is 9.03. The van der Waals surface area contributed by atoms with Gasteiger partial charge in [-0.3, -0.25) is 4.79 Å². The molecule has 0 radical (unpaired) electrons. The zero-order valence-corrected chi connectivity index (χ0v) is 21.6. The van der Waals surface area contributed by atoms with Gasteiger partial charge in [-0.25, -0.2) is 0 Å². The van der Waals surface area contributed by atoms with Gasteiger partial charge in [0.1, 0.15) is 0 Å². The highest BCUT2D eigenvalue weighted by Gasteiger charge is 2.06. The molecule has 2 aromatic carbocycles. The Morgan fingerprint density at radius 1 is 0.677 bits per heavy atom. The molecule has 1 amide bonds. The Hall–Kier alpha value is -2.13. The lowest BCUT2D eigenvalue weighted by atomic mass is 9.98. The summed E-state index contributed by atoms with van der Waals surface area (Å²) in [7, 11) is 7.86. The van der Waals surface area contributed by atoms with Crippen molar-refractivity contribution in [1.29, 1.82) is 0 Å². The first-order valence-corrected chi connectivity index (χ1v) is 11.4. The van der Waals surface area contributed by atoms with E-state index in [1.807, 2.05) is 0 Å². The first-order chi connectivity index (χ1) is 14.4. The van der Waals surface area contributed by atoms with Crippen LogP contribution in [-0.4, -0.2) is 50.4 Å². The van der Waals surface area contributed by atoms with Crippen molar-refractivity contribution in [3.05, 3.63) is 68.8 Å². The lowest BCUT2D eigenvalue weighted by Gasteiger charge is -2.12. The van der Waals surface area contributed by atoms with E-state index in [4.69, 9.17) is 0 Å². The number of hydrogen-bond donors (Lipinski definition) is 0. The molecule has 0 heterocycles. The highest BCUT2D eigenvalue weighted by atomic mass is 16.2. The van der Waals surface area contributed by atoms with Gasteiger partial charge in [0.05, 0.1) is 0 Å². The van der Waals surface area contributed by atoms with Crippen molar-refractivity contribution in [3.63, 3.8) is 0 Å². The second-order valence-electron chi connectivity index (χ2n) is 9.40. The van der Waals surface area contributed by atoms with Crippen LogP contribution in [0.4, 0.5) is 0 Å². The largest absolute Gasteiger partial charge is 0.349 e. The maximum Gasteiger partial charge on any atom is 0.222 e. The van der Waals surface area contributed by atoms with Crippen molar-refractivity contribution < 1.29 is 4.79 Å². The van der Waals surface area contributed by atoms with Crippen molar-refractivity contribution in [3.8, 4) is 0 Å². The molecule has 0 aliphatic carbocycles. The van der Waals surface area contributed by atoms with Gasteiger partial charge in [-0.2, -0.15) is 0 Å². The maximum atomic E-state index is 11.5. The molecule has 2 rings (SSSR count). The van der Waals surface area contributed by atoms with Gasteiger partial charge >= 0.3 is 0 Å². The molecule has 0 bridgehead atoms. The quantitative estimate of drug-likeness (QED) is 0.566. The smallest absolute Gasteiger partial charge is 0.222 e. The molecule has 3 heteroatoms. The predicted octanol–water partition coefficient (Wildman–Crippen LogP) is 5.74. The molecular weight excluding hydrogens is 380 g/mol. The van der Waals surface area contributed by atoms with Gasteiger partial charge in [0.2, 0.25) is 5.91 Å². The Morgan fingerprint density at radius 2 is 1.06 bits per heavy atom. The summed E-state index contributed by atoms with van der Waals surface area (Å²) in [6.45, 7) is 14.2. The van der Waals surface area contributed by atoms with Crippen molar-refractivity contribution in [2.24, 2.45) is 0 Å². The molecule has 0 N–H and O–H groups in total. The minimum absolute atomic E-state index is 0.191. The molecule has 0 saturated heterocycles. The van der Waals surface area contributed by atoms with Crippen LogP contribution in [0.5, 0.6) is 0 Å². The van der Waals surface area contributed by atoms with Crippen molar-refractivity contribution >= 4 is 5.91 Å². The average Bonchev–Trinajstić information content (AvgIpc) is 2.68. The van der Waals surface area contributed by atoms with Crippen LogP contribution < -0.4 is 0 Å². The minimum atomic E-state index is 0.191. The zero-order valence-electron chi connectivity index (χ0n) is 21.6. The number of amides is 1. The van der Waals surface area contributed by atoms with E-state index < -0.39 is 0 Å². The Balaban J connectivity index is 0.000000311. The van der Waals surface area contributed by atoms with E-state index in [-0.39, 0.29) is 5.91 Å². The van der Waals surface area contributed by atoms with Crippen LogP contribution in [0.2, 0.25) is 0 Å². The van der Waals surface area contributed by atoms with E-state index in [0.717, 1.165) is 6.42 Å². The van der Waals surface area contributed by atoms with Crippen LogP contribution in [0.25, 0.3) is 0 Å². The molecule has 0 spiro atoms. The third-order valence-corrected chi connectivity index (χ3v) is 6.17. The molecule has 0 aliphatic heterocycles. The highest BCUT2D eigenvalue weighted by molar-refractivity contribution is 5.75. The molecule has 0 unspecified atom stereocenters. The van der Waals surface area contributed by atoms with Gasteiger partial charge in [-0.1, -0.05) is 24.3 Å². The van der Waals surface area contributed by atoms with Crippen LogP contribution in [0.15, 0.2) is 24.3 Å². The van der Waals surface area contributed by atoms with E-state index >= 15 is 0 Å². The van der Waals surface area contributed by atoms with Gasteiger partial charge < -0.3 is 9.80 Å². The fourth-order valence-electron chi connectivity index (χ4n) is 3.61. The Morgan fingerprint density at radius 3 is 1.42 bits per heavy atom. The van der Waals surface area contributed by atoms with Crippen LogP contribution in [0, 0.1) is 41.5 Å². The number of nitrogens with zero attached hydrogens (tertiary/aromatic N) is 2. The van der Waals surface area contributed by atoms with Crippen molar-refractivity contribution in [2.75, 3.05) is 34.7 Å². The number of benzene rings is 2. The minimum Gasteiger partial charge on any atom is -0.349 e. The predicted molar refractivity (Wildman–Crippen MR) is 135 cm³/mol. The Labute approximate surface area is 191 Å². The second kappa shape index (κ2) is 12.7. The van der Waals surface area contributed by atoms with E-state index in [9.17, 15) is 4.79 Å². The molecule has 0 aliphatic rings. The normalized spacial score (nSPS) is 10.7. The number of aryl methyl sites for hydroxylation is 6. The summed E-state index contributed by atoms with van der Waals surface area (Å²) in [6.07, 6.45) is 3.86. The fourth-order valence-corrected chi connectivity index (χ4v) is 3.61. The Kier molecular flexibility index (Phi) is 11.0. The van der Waals surface area contributed by atoms with Gasteiger partial charge in [0.25, 0.3) is 0 Å². The topological polar surface area (TPSA) is 23.6 Å². The van der Waals surface area contributed by atoms with Gasteiger partial charge in [0.15, 0.2) is 0 Å². The van der Waals surface area contributed by atoms with Crippen LogP contribution in [0.1, 0.15) is 57.3 Å². The van der Waals surface area contributed by atoms with Gasteiger partial charge in [-0.15, -0.1) is 0 Å². The van der Waals surface area contributed by atoms with Gasteiger partial charge in [0, 0.05) is 20.5 Å².